The van der Waals surface area contributed by atoms with E-state index in [1.165, 1.54) is 57.8 Å². The van der Waals surface area contributed by atoms with E-state index in [4.69, 9.17) is 4.74 Å². The van der Waals surface area contributed by atoms with Crippen LogP contribution >= 0.6 is 0 Å². The molecule has 0 heterocycles. The summed E-state index contributed by atoms with van der Waals surface area (Å²) in [6.45, 7) is 1.57. The first-order valence-corrected chi connectivity index (χ1v) is 8.73. The Morgan fingerprint density at radius 2 is 1.70 bits per heavy atom. The number of ether oxygens (including phenoxy) is 1. The van der Waals surface area contributed by atoms with Gasteiger partial charge in [-0.1, -0.05) is 44.9 Å². The summed E-state index contributed by atoms with van der Waals surface area (Å²) >= 11 is 0. The molecule has 2 aliphatic carbocycles. The van der Waals surface area contributed by atoms with Crippen LogP contribution in [-0.4, -0.2) is 25.2 Å². The molecular weight excluding hydrogens is 250 g/mol. The van der Waals surface area contributed by atoms with E-state index < -0.39 is 0 Å². The van der Waals surface area contributed by atoms with E-state index in [1.54, 1.807) is 0 Å². The first kappa shape index (κ1) is 15.8. The fraction of sp³-hybridized carbons (Fsp3) is 0.941. The Kier molecular flexibility index (Phi) is 7.42. The number of rotatable bonds is 8. The van der Waals surface area contributed by atoms with Crippen molar-refractivity contribution in [2.45, 2.75) is 83.2 Å². The van der Waals surface area contributed by atoms with Gasteiger partial charge in [-0.05, 0) is 31.6 Å². The van der Waals surface area contributed by atoms with Gasteiger partial charge in [-0.15, -0.1) is 0 Å². The van der Waals surface area contributed by atoms with Gasteiger partial charge in [0.15, 0.2) is 0 Å². The van der Waals surface area contributed by atoms with Crippen LogP contribution < -0.4 is 5.32 Å². The molecule has 3 heteroatoms. The highest BCUT2D eigenvalue weighted by molar-refractivity contribution is 5.75. The van der Waals surface area contributed by atoms with E-state index in [2.05, 4.69) is 5.32 Å². The molecule has 0 aromatic rings. The lowest BCUT2D eigenvalue weighted by Crippen LogP contribution is -2.26. The lowest BCUT2D eigenvalue weighted by atomic mass is 9.98. The summed E-state index contributed by atoms with van der Waals surface area (Å²) in [7, 11) is 0. The molecule has 0 aromatic carbocycles. The largest absolute Gasteiger partial charge is 0.378 e. The molecule has 2 fully saturated rings. The van der Waals surface area contributed by atoms with Gasteiger partial charge in [-0.3, -0.25) is 4.79 Å². The second-order valence-electron chi connectivity index (χ2n) is 6.52. The van der Waals surface area contributed by atoms with Crippen molar-refractivity contribution in [3.05, 3.63) is 0 Å². The molecule has 0 spiro atoms. The highest BCUT2D eigenvalue weighted by Crippen LogP contribution is 2.28. The maximum absolute atomic E-state index is 11.7. The highest BCUT2D eigenvalue weighted by atomic mass is 16.5. The van der Waals surface area contributed by atoms with Gasteiger partial charge in [0.2, 0.25) is 5.91 Å². The van der Waals surface area contributed by atoms with Crippen molar-refractivity contribution in [3.8, 4) is 0 Å². The Labute approximate surface area is 123 Å². The molecule has 0 aromatic heterocycles. The minimum atomic E-state index is 0.231. The molecule has 2 aliphatic rings. The van der Waals surface area contributed by atoms with Crippen LogP contribution in [-0.2, 0) is 9.53 Å². The van der Waals surface area contributed by atoms with Gasteiger partial charge in [0.25, 0.3) is 0 Å². The quantitative estimate of drug-likeness (QED) is 0.687. The fourth-order valence-corrected chi connectivity index (χ4v) is 3.50. The SMILES string of the molecule is O=C(CCC1CCCC1)NCCCOC1CCCCC1. The van der Waals surface area contributed by atoms with Gasteiger partial charge in [-0.2, -0.15) is 0 Å². The zero-order valence-corrected chi connectivity index (χ0v) is 12.9. The minimum Gasteiger partial charge on any atom is -0.378 e. The van der Waals surface area contributed by atoms with E-state index in [0.717, 1.165) is 31.9 Å². The predicted molar refractivity (Wildman–Crippen MR) is 81.6 cm³/mol. The van der Waals surface area contributed by atoms with Crippen molar-refractivity contribution in [2.75, 3.05) is 13.2 Å². The summed E-state index contributed by atoms with van der Waals surface area (Å²) in [4.78, 5) is 11.7. The molecular formula is C17H31NO2. The van der Waals surface area contributed by atoms with Crippen molar-refractivity contribution in [3.63, 3.8) is 0 Å². The first-order chi connectivity index (χ1) is 9.84. The molecule has 1 amide bonds. The van der Waals surface area contributed by atoms with E-state index in [0.29, 0.717) is 12.5 Å². The van der Waals surface area contributed by atoms with Gasteiger partial charge < -0.3 is 10.1 Å². The third-order valence-electron chi connectivity index (χ3n) is 4.80. The first-order valence-electron chi connectivity index (χ1n) is 8.73. The minimum absolute atomic E-state index is 0.231. The predicted octanol–water partition coefficient (Wildman–Crippen LogP) is 3.81. The smallest absolute Gasteiger partial charge is 0.220 e. The van der Waals surface area contributed by atoms with Crippen molar-refractivity contribution in [2.24, 2.45) is 5.92 Å². The van der Waals surface area contributed by atoms with Crippen molar-refractivity contribution in [1.82, 2.24) is 5.32 Å². The van der Waals surface area contributed by atoms with Crippen LogP contribution in [0.2, 0.25) is 0 Å². The summed E-state index contributed by atoms with van der Waals surface area (Å²) in [5, 5.41) is 3.03. The van der Waals surface area contributed by atoms with Gasteiger partial charge >= 0.3 is 0 Å². The van der Waals surface area contributed by atoms with E-state index in [9.17, 15) is 4.79 Å². The molecule has 1 N–H and O–H groups in total. The average Bonchev–Trinajstić information content (AvgIpc) is 2.99. The van der Waals surface area contributed by atoms with E-state index in [-0.39, 0.29) is 5.91 Å². The summed E-state index contributed by atoms with van der Waals surface area (Å²) in [5.41, 5.74) is 0. The lowest BCUT2D eigenvalue weighted by molar-refractivity contribution is -0.121. The van der Waals surface area contributed by atoms with Crippen LogP contribution in [0.5, 0.6) is 0 Å². The van der Waals surface area contributed by atoms with Crippen molar-refractivity contribution < 1.29 is 9.53 Å². The molecule has 20 heavy (non-hydrogen) atoms. The molecule has 116 valence electrons. The Hall–Kier alpha value is -0.570. The summed E-state index contributed by atoms with van der Waals surface area (Å²) < 4.78 is 5.85. The normalized spacial score (nSPS) is 21.2. The molecule has 0 atom stereocenters. The molecule has 2 saturated carbocycles. The molecule has 2 rings (SSSR count). The van der Waals surface area contributed by atoms with Crippen LogP contribution in [0.4, 0.5) is 0 Å². The van der Waals surface area contributed by atoms with Crippen LogP contribution in [0.15, 0.2) is 0 Å². The number of hydrogen-bond donors (Lipinski definition) is 1. The third-order valence-corrected chi connectivity index (χ3v) is 4.80. The Balaban J connectivity index is 1.40. The molecule has 3 nitrogen and oxygen atoms in total. The second-order valence-corrected chi connectivity index (χ2v) is 6.52. The summed E-state index contributed by atoms with van der Waals surface area (Å²) in [6.07, 6.45) is 15.1. The molecule has 0 saturated heterocycles. The van der Waals surface area contributed by atoms with Crippen LogP contribution in [0, 0.1) is 5.92 Å². The molecule has 0 unspecified atom stereocenters. The number of carbonyl (C=O) groups is 1. The maximum atomic E-state index is 11.7. The number of hydrogen-bond acceptors (Lipinski definition) is 2. The van der Waals surface area contributed by atoms with E-state index in [1.807, 2.05) is 0 Å². The lowest BCUT2D eigenvalue weighted by Gasteiger charge is -2.21. The molecule has 0 radical (unpaired) electrons. The van der Waals surface area contributed by atoms with Gasteiger partial charge in [0, 0.05) is 19.6 Å². The monoisotopic (exact) mass is 281 g/mol. The Morgan fingerprint density at radius 3 is 2.45 bits per heavy atom. The van der Waals surface area contributed by atoms with Gasteiger partial charge in [0.1, 0.15) is 0 Å². The Bertz CT molecular complexity index is 268. The summed E-state index contributed by atoms with van der Waals surface area (Å²) in [6, 6.07) is 0. The van der Waals surface area contributed by atoms with Crippen LogP contribution in [0.25, 0.3) is 0 Å². The molecule has 0 aliphatic heterocycles. The number of amides is 1. The Morgan fingerprint density at radius 1 is 1.00 bits per heavy atom. The fourth-order valence-electron chi connectivity index (χ4n) is 3.50. The number of carbonyl (C=O) groups excluding carboxylic acids is 1. The van der Waals surface area contributed by atoms with E-state index >= 15 is 0 Å². The molecule has 0 bridgehead atoms. The topological polar surface area (TPSA) is 38.3 Å². The third kappa shape index (κ3) is 6.25. The number of nitrogens with one attached hydrogen (secondary N) is 1. The van der Waals surface area contributed by atoms with Gasteiger partial charge in [-0.25, -0.2) is 0 Å². The summed E-state index contributed by atoms with van der Waals surface area (Å²) in [5.74, 6) is 1.05. The van der Waals surface area contributed by atoms with Crippen molar-refractivity contribution in [1.29, 1.82) is 0 Å². The maximum Gasteiger partial charge on any atom is 0.220 e. The zero-order valence-electron chi connectivity index (χ0n) is 12.9. The van der Waals surface area contributed by atoms with Gasteiger partial charge in [0.05, 0.1) is 6.10 Å². The van der Waals surface area contributed by atoms with Crippen LogP contribution in [0.1, 0.15) is 77.0 Å². The second kappa shape index (κ2) is 9.38. The van der Waals surface area contributed by atoms with Crippen LogP contribution in [0.3, 0.4) is 0 Å². The van der Waals surface area contributed by atoms with Crippen molar-refractivity contribution >= 4 is 5.91 Å². The standard InChI is InChI=1S/C17H31NO2/c19-17(12-11-15-7-4-5-8-15)18-13-6-14-20-16-9-2-1-3-10-16/h15-16H,1-14H2,(H,18,19). The zero-order chi connectivity index (χ0) is 14.0. The highest BCUT2D eigenvalue weighted by Gasteiger charge is 2.16. The average molecular weight is 281 g/mol.